The van der Waals surface area contributed by atoms with Gasteiger partial charge in [-0.05, 0) is 58.1 Å². The summed E-state index contributed by atoms with van der Waals surface area (Å²) < 4.78 is 14.0. The van der Waals surface area contributed by atoms with Crippen molar-refractivity contribution in [1.82, 2.24) is 29.4 Å². The van der Waals surface area contributed by atoms with Crippen LogP contribution in [0.1, 0.15) is 78.0 Å². The van der Waals surface area contributed by atoms with Crippen LogP contribution in [0.4, 0.5) is 0 Å². The van der Waals surface area contributed by atoms with Crippen LogP contribution >= 0.6 is 11.3 Å². The first-order valence-electron chi connectivity index (χ1n) is 11.5. The van der Waals surface area contributed by atoms with Gasteiger partial charge in [0.25, 0.3) is 0 Å². The molecule has 0 atom stereocenters. The van der Waals surface area contributed by atoms with Crippen molar-refractivity contribution >= 4 is 28.9 Å². The van der Waals surface area contributed by atoms with Crippen LogP contribution in [-0.4, -0.2) is 53.5 Å². The zero-order valence-electron chi connectivity index (χ0n) is 20.0. The molecule has 0 amide bonds. The van der Waals surface area contributed by atoms with Gasteiger partial charge in [0.15, 0.2) is 5.69 Å². The molecule has 0 N–H and O–H groups in total. The number of rotatable bonds is 7. The number of esters is 2. The number of hydrogen-bond acceptors (Lipinski definition) is 9. The number of fused-ring (bicyclic) bond motifs is 1. The normalized spacial score (nSPS) is 13.8. The molecule has 182 valence electrons. The lowest BCUT2D eigenvalue weighted by Gasteiger charge is -2.18. The van der Waals surface area contributed by atoms with E-state index in [-0.39, 0.29) is 12.3 Å². The fourth-order valence-corrected chi connectivity index (χ4v) is 4.53. The van der Waals surface area contributed by atoms with Crippen molar-refractivity contribution in [2.45, 2.75) is 58.6 Å². The Labute approximate surface area is 205 Å². The van der Waals surface area contributed by atoms with E-state index < -0.39 is 17.5 Å². The lowest BCUT2D eigenvalue weighted by Crippen LogP contribution is -2.23. The summed E-state index contributed by atoms with van der Waals surface area (Å²) in [5, 5.41) is 8.23. The number of pyridine rings is 1. The van der Waals surface area contributed by atoms with Gasteiger partial charge in [0.1, 0.15) is 11.2 Å². The summed E-state index contributed by atoms with van der Waals surface area (Å²) in [6.45, 7) is 7.86. The average Bonchev–Trinajstić information content (AvgIpc) is 3.18. The summed E-state index contributed by atoms with van der Waals surface area (Å²) in [7, 11) is 0. The number of carbonyl (C=O) groups excluding carboxylic acids is 2. The molecule has 1 aliphatic rings. The van der Waals surface area contributed by atoms with Crippen LogP contribution in [-0.2, 0) is 16.0 Å². The third kappa shape index (κ3) is 5.09. The maximum Gasteiger partial charge on any atom is 0.367 e. The van der Waals surface area contributed by atoms with E-state index in [1.807, 2.05) is 31.4 Å². The second-order valence-electron chi connectivity index (χ2n) is 9.48. The maximum atomic E-state index is 12.5. The van der Waals surface area contributed by atoms with Gasteiger partial charge in [0.05, 0.1) is 29.9 Å². The van der Waals surface area contributed by atoms with Crippen LogP contribution in [0.5, 0.6) is 0 Å². The number of carbonyl (C=O) groups is 2. The number of ether oxygens (including phenoxy) is 2. The molecule has 0 bridgehead atoms. The van der Waals surface area contributed by atoms with Crippen molar-refractivity contribution in [3.8, 4) is 10.4 Å². The molecular weight excluding hydrogens is 468 g/mol. The minimum Gasteiger partial charge on any atom is -0.461 e. The van der Waals surface area contributed by atoms with E-state index >= 15 is 0 Å². The first-order chi connectivity index (χ1) is 16.7. The van der Waals surface area contributed by atoms with E-state index in [4.69, 9.17) is 14.5 Å². The standard InChI is InChI=1S/C24H26N6O4S/c1-5-33-22(31)18-13-30(28-27-18)12-16-11-29-10-15(14-6-7-14)8-17(20(29)26-16)19-9-25-21(35-19)23(32)34-24(2,3)4/h8-11,13-14H,5-7,12H2,1-4H3. The molecule has 11 heteroatoms. The minimum atomic E-state index is -0.589. The van der Waals surface area contributed by atoms with E-state index in [0.717, 1.165) is 34.6 Å². The Hall–Kier alpha value is -3.60. The number of hydrogen-bond donors (Lipinski definition) is 0. The first kappa shape index (κ1) is 23.2. The van der Waals surface area contributed by atoms with Crippen LogP contribution in [0.15, 0.2) is 30.9 Å². The van der Waals surface area contributed by atoms with Crippen LogP contribution in [0.25, 0.3) is 16.1 Å². The smallest absolute Gasteiger partial charge is 0.367 e. The van der Waals surface area contributed by atoms with Gasteiger partial charge in [-0.15, -0.1) is 16.4 Å². The first-order valence-corrected chi connectivity index (χ1v) is 12.3. The highest BCUT2D eigenvalue weighted by atomic mass is 32.1. The highest BCUT2D eigenvalue weighted by Crippen LogP contribution is 2.42. The fourth-order valence-electron chi connectivity index (χ4n) is 3.72. The number of aromatic nitrogens is 6. The van der Waals surface area contributed by atoms with Gasteiger partial charge in [0.2, 0.25) is 5.01 Å². The van der Waals surface area contributed by atoms with Crippen molar-refractivity contribution in [3.63, 3.8) is 0 Å². The predicted octanol–water partition coefficient (Wildman–Crippen LogP) is 4.11. The molecule has 0 spiro atoms. The topological polar surface area (TPSA) is 114 Å². The average molecular weight is 495 g/mol. The number of imidazole rings is 1. The molecule has 4 aromatic heterocycles. The minimum absolute atomic E-state index is 0.159. The van der Waals surface area contributed by atoms with E-state index in [1.54, 1.807) is 24.0 Å². The largest absolute Gasteiger partial charge is 0.461 e. The van der Waals surface area contributed by atoms with Gasteiger partial charge in [-0.3, -0.25) is 0 Å². The Morgan fingerprint density at radius 1 is 1.17 bits per heavy atom. The molecule has 10 nitrogen and oxygen atoms in total. The van der Waals surface area contributed by atoms with Gasteiger partial charge in [-0.2, -0.15) is 0 Å². The molecule has 35 heavy (non-hydrogen) atoms. The van der Waals surface area contributed by atoms with Gasteiger partial charge >= 0.3 is 11.9 Å². The summed E-state index contributed by atoms with van der Waals surface area (Å²) in [4.78, 5) is 34.4. The van der Waals surface area contributed by atoms with Crippen LogP contribution in [0.3, 0.4) is 0 Å². The van der Waals surface area contributed by atoms with Gasteiger partial charge in [0, 0.05) is 24.2 Å². The molecule has 1 fully saturated rings. The van der Waals surface area contributed by atoms with Crippen molar-refractivity contribution in [2.75, 3.05) is 6.61 Å². The molecule has 4 aromatic rings. The van der Waals surface area contributed by atoms with E-state index in [9.17, 15) is 9.59 Å². The molecule has 4 heterocycles. The Balaban J connectivity index is 1.47. The summed E-state index contributed by atoms with van der Waals surface area (Å²) in [5.74, 6) is -0.406. The SMILES string of the molecule is CCOC(=O)c1cn(Cc2cn3cc(C4CC4)cc(-c4cnc(C(=O)OC(C)(C)C)s4)c3n2)nn1. The summed E-state index contributed by atoms with van der Waals surface area (Å²) >= 11 is 1.30. The van der Waals surface area contributed by atoms with Crippen LogP contribution in [0.2, 0.25) is 0 Å². The Kier molecular flexibility index (Phi) is 5.87. The molecule has 1 aliphatic carbocycles. The zero-order valence-corrected chi connectivity index (χ0v) is 20.8. The van der Waals surface area contributed by atoms with Crippen molar-refractivity contribution in [2.24, 2.45) is 0 Å². The predicted molar refractivity (Wildman–Crippen MR) is 129 cm³/mol. The lowest BCUT2D eigenvalue weighted by atomic mass is 10.1. The quantitative estimate of drug-likeness (QED) is 0.353. The summed E-state index contributed by atoms with van der Waals surface area (Å²) in [5.41, 5.74) is 3.24. The molecule has 0 aromatic carbocycles. The van der Waals surface area contributed by atoms with E-state index in [2.05, 4.69) is 27.6 Å². The van der Waals surface area contributed by atoms with Crippen molar-refractivity contribution in [1.29, 1.82) is 0 Å². The molecule has 0 radical (unpaired) electrons. The molecule has 1 saturated carbocycles. The summed E-state index contributed by atoms with van der Waals surface area (Å²) in [6, 6.07) is 2.14. The van der Waals surface area contributed by atoms with E-state index in [0.29, 0.717) is 17.5 Å². The number of nitrogens with zero attached hydrogens (tertiary/aromatic N) is 6. The molecule has 5 rings (SSSR count). The fraction of sp³-hybridized carbons (Fsp3) is 0.417. The Morgan fingerprint density at radius 3 is 2.69 bits per heavy atom. The molecule has 0 aliphatic heterocycles. The van der Waals surface area contributed by atoms with Gasteiger partial charge in [-0.1, -0.05) is 5.21 Å². The highest BCUT2D eigenvalue weighted by Gasteiger charge is 2.27. The number of thiazole rings is 1. The lowest BCUT2D eigenvalue weighted by molar-refractivity contribution is 0.00689. The Morgan fingerprint density at radius 2 is 1.97 bits per heavy atom. The van der Waals surface area contributed by atoms with Gasteiger partial charge in [-0.25, -0.2) is 24.2 Å². The maximum absolute atomic E-state index is 12.5. The highest BCUT2D eigenvalue weighted by molar-refractivity contribution is 7.17. The molecular formula is C24H26N6O4S. The van der Waals surface area contributed by atoms with Crippen molar-refractivity contribution < 1.29 is 19.1 Å². The van der Waals surface area contributed by atoms with Crippen molar-refractivity contribution in [3.05, 3.63) is 52.8 Å². The molecule has 0 saturated heterocycles. The van der Waals surface area contributed by atoms with Gasteiger partial charge < -0.3 is 13.9 Å². The second kappa shape index (κ2) is 8.88. The monoisotopic (exact) mass is 494 g/mol. The third-order valence-electron chi connectivity index (χ3n) is 5.36. The third-order valence-corrected chi connectivity index (χ3v) is 6.37. The van der Waals surface area contributed by atoms with E-state index in [1.165, 1.54) is 16.9 Å². The second-order valence-corrected chi connectivity index (χ2v) is 10.5. The van der Waals surface area contributed by atoms with Crippen LogP contribution < -0.4 is 0 Å². The molecule has 0 unspecified atom stereocenters. The summed E-state index contributed by atoms with van der Waals surface area (Å²) in [6.07, 6.45) is 9.63. The van der Waals surface area contributed by atoms with Crippen LogP contribution in [0, 0.1) is 0 Å². The Bertz CT molecular complexity index is 1410. The zero-order chi connectivity index (χ0) is 24.7.